The van der Waals surface area contributed by atoms with E-state index in [1.54, 1.807) is 20.8 Å². The van der Waals surface area contributed by atoms with E-state index in [-0.39, 0.29) is 18.5 Å². The van der Waals surface area contributed by atoms with Gasteiger partial charge in [-0.25, -0.2) is 4.79 Å². The molecule has 0 aromatic heterocycles. The number of alkyl carbamates (subject to hydrolysis) is 1. The molecule has 49 heavy (non-hydrogen) atoms. The van der Waals surface area contributed by atoms with Crippen LogP contribution in [-0.2, 0) is 23.9 Å². The van der Waals surface area contributed by atoms with E-state index < -0.39 is 59.4 Å². The number of aliphatic hydroxyl groups excluding tert-OH is 1. The molecule has 4 amide bonds. The molecule has 1 heterocycles. The number of aliphatic hydroxyl groups is 1. The minimum atomic E-state index is -1.43. The Morgan fingerprint density at radius 2 is 1.37 bits per heavy atom. The lowest BCUT2D eigenvalue weighted by molar-refractivity contribution is -0.141. The minimum Gasteiger partial charge on any atom is -0.449 e. The molecule has 0 aromatic rings. The van der Waals surface area contributed by atoms with Gasteiger partial charge in [-0.15, -0.1) is 0 Å². The number of carbonyl (C=O) groups is 5. The van der Waals surface area contributed by atoms with E-state index in [2.05, 4.69) is 26.6 Å². The van der Waals surface area contributed by atoms with Crippen molar-refractivity contribution in [3.63, 3.8) is 0 Å². The van der Waals surface area contributed by atoms with Crippen LogP contribution >= 0.6 is 0 Å². The first kappa shape index (κ1) is 40.7. The topological polar surface area (TPSA) is 201 Å². The van der Waals surface area contributed by atoms with Crippen molar-refractivity contribution in [2.45, 2.75) is 166 Å². The van der Waals surface area contributed by atoms with Crippen LogP contribution in [0, 0.1) is 17.8 Å². The van der Waals surface area contributed by atoms with E-state index in [1.165, 1.54) is 19.8 Å². The Balaban J connectivity index is 1.69. The highest BCUT2D eigenvalue weighted by molar-refractivity contribution is 6.38. The molecule has 8 N–H and O–H groups in total. The fourth-order valence-corrected chi connectivity index (χ4v) is 7.21. The highest BCUT2D eigenvalue weighted by Gasteiger charge is 2.35. The first-order chi connectivity index (χ1) is 23.2. The molecule has 13 nitrogen and oxygen atoms in total. The van der Waals surface area contributed by atoms with Gasteiger partial charge in [0.2, 0.25) is 17.6 Å². The van der Waals surface area contributed by atoms with Gasteiger partial charge in [0.05, 0.1) is 24.9 Å². The number of piperidine rings is 1. The van der Waals surface area contributed by atoms with Crippen molar-refractivity contribution in [1.82, 2.24) is 26.6 Å². The van der Waals surface area contributed by atoms with E-state index in [9.17, 15) is 29.1 Å². The Kier molecular flexibility index (Phi) is 16.7. The molecule has 6 atom stereocenters. The summed E-state index contributed by atoms with van der Waals surface area (Å²) >= 11 is 0. The maximum Gasteiger partial charge on any atom is 0.407 e. The van der Waals surface area contributed by atoms with Crippen LogP contribution in [-0.4, -0.2) is 83.8 Å². The average Bonchev–Trinajstić information content (AvgIpc) is 3.06. The number of Topliss-reactive ketones (excluding diaryl/α,β-unsaturated/α-hetero) is 1. The maximum atomic E-state index is 13.7. The Bertz CT molecular complexity index is 1080. The highest BCUT2D eigenvalue weighted by Crippen LogP contribution is 2.28. The molecule has 0 radical (unpaired) electrons. The van der Waals surface area contributed by atoms with Crippen LogP contribution in [0.25, 0.3) is 0 Å². The van der Waals surface area contributed by atoms with Gasteiger partial charge in [-0.2, -0.15) is 0 Å². The predicted molar refractivity (Wildman–Crippen MR) is 187 cm³/mol. The number of amides is 4. The molecule has 4 unspecified atom stereocenters. The van der Waals surface area contributed by atoms with Crippen molar-refractivity contribution in [2.24, 2.45) is 23.5 Å². The molecular weight excluding hydrogens is 628 g/mol. The standard InChI is InChI=1S/C36H64N6O7/c1-23(43)30(33(46)39-27(31(44)34(47)42-36(2,3)4)18-16-25-17-20-29(37)38-21-25)41-32(45)28(19-15-24-11-7-5-8-12-24)40-35(48)49-22-26-13-9-6-10-14-26/h23-30,38,43H,5-22,37H2,1-4H3,(H,39,46)(H,40,48)(H,41,45)(H,42,47)/t23-,25?,27?,28?,29?,30+/m1/s1. The van der Waals surface area contributed by atoms with Crippen molar-refractivity contribution < 1.29 is 33.8 Å². The monoisotopic (exact) mass is 692 g/mol. The molecule has 1 saturated heterocycles. The number of hydrogen-bond acceptors (Lipinski definition) is 9. The highest BCUT2D eigenvalue weighted by atomic mass is 16.5. The first-order valence-electron chi connectivity index (χ1n) is 18.8. The number of hydrogen-bond donors (Lipinski definition) is 7. The van der Waals surface area contributed by atoms with Crippen LogP contribution in [0.4, 0.5) is 4.79 Å². The molecule has 2 aliphatic carbocycles. The summed E-state index contributed by atoms with van der Waals surface area (Å²) in [5.74, 6) is -2.07. The second-order valence-corrected chi connectivity index (χ2v) is 15.8. The van der Waals surface area contributed by atoms with Gasteiger partial charge in [0, 0.05) is 5.54 Å². The lowest BCUT2D eigenvalue weighted by Gasteiger charge is -2.30. The van der Waals surface area contributed by atoms with Gasteiger partial charge >= 0.3 is 6.09 Å². The first-order valence-corrected chi connectivity index (χ1v) is 18.8. The van der Waals surface area contributed by atoms with E-state index >= 15 is 0 Å². The average molecular weight is 693 g/mol. The summed E-state index contributed by atoms with van der Waals surface area (Å²) in [7, 11) is 0. The number of ketones is 1. The SMILES string of the molecule is C[C@@H](O)[C@H](NC(=O)C(CCC1CCCCC1)NC(=O)OCC1CCCCC1)C(=O)NC(CCC1CCC(N)NC1)C(=O)C(=O)NC(C)(C)C. The molecular formula is C36H64N6O7. The number of carbonyl (C=O) groups excluding carboxylic acids is 5. The lowest BCUT2D eigenvalue weighted by Crippen LogP contribution is -2.60. The third-order valence-electron chi connectivity index (χ3n) is 10.2. The maximum absolute atomic E-state index is 13.7. The number of ether oxygens (including phenoxy) is 1. The molecule has 2 saturated carbocycles. The summed E-state index contributed by atoms with van der Waals surface area (Å²) in [5, 5.41) is 24.6. The Morgan fingerprint density at radius 1 is 0.776 bits per heavy atom. The fraction of sp³-hybridized carbons (Fsp3) is 0.861. The molecule has 3 rings (SSSR count). The van der Waals surface area contributed by atoms with Crippen LogP contribution in [0.5, 0.6) is 0 Å². The Morgan fingerprint density at radius 3 is 1.94 bits per heavy atom. The number of nitrogens with one attached hydrogen (secondary N) is 5. The van der Waals surface area contributed by atoms with E-state index in [0.717, 1.165) is 70.6 Å². The molecule has 0 bridgehead atoms. The van der Waals surface area contributed by atoms with Crippen molar-refractivity contribution >= 4 is 29.6 Å². The molecule has 280 valence electrons. The van der Waals surface area contributed by atoms with Crippen LogP contribution in [0.3, 0.4) is 0 Å². The van der Waals surface area contributed by atoms with E-state index in [0.29, 0.717) is 37.8 Å². The van der Waals surface area contributed by atoms with Gasteiger partial charge in [0.1, 0.15) is 12.1 Å². The van der Waals surface area contributed by atoms with Gasteiger partial charge in [0.25, 0.3) is 5.91 Å². The second-order valence-electron chi connectivity index (χ2n) is 15.8. The van der Waals surface area contributed by atoms with Crippen molar-refractivity contribution in [3.8, 4) is 0 Å². The van der Waals surface area contributed by atoms with Crippen LogP contribution in [0.1, 0.15) is 130 Å². The van der Waals surface area contributed by atoms with Gasteiger partial charge in [-0.1, -0.05) is 51.4 Å². The summed E-state index contributed by atoms with van der Waals surface area (Å²) in [5.41, 5.74) is 5.29. The lowest BCUT2D eigenvalue weighted by atomic mass is 9.85. The summed E-state index contributed by atoms with van der Waals surface area (Å²) in [6.45, 7) is 7.59. The van der Waals surface area contributed by atoms with Gasteiger partial charge in [-0.05, 0) is 103 Å². The zero-order valence-electron chi connectivity index (χ0n) is 30.3. The predicted octanol–water partition coefficient (Wildman–Crippen LogP) is 2.92. The normalized spacial score (nSPS) is 23.3. The van der Waals surface area contributed by atoms with Crippen molar-refractivity contribution in [2.75, 3.05) is 13.2 Å². The van der Waals surface area contributed by atoms with Gasteiger partial charge < -0.3 is 42.2 Å². The van der Waals surface area contributed by atoms with Crippen LogP contribution in [0.15, 0.2) is 0 Å². The second kappa shape index (κ2) is 20.2. The van der Waals surface area contributed by atoms with E-state index in [1.807, 2.05) is 0 Å². The summed E-state index contributed by atoms with van der Waals surface area (Å²) in [6, 6.07) is -3.58. The molecule has 3 aliphatic rings. The van der Waals surface area contributed by atoms with E-state index in [4.69, 9.17) is 10.5 Å². The fourth-order valence-electron chi connectivity index (χ4n) is 7.21. The number of nitrogens with two attached hydrogens (primary N) is 1. The van der Waals surface area contributed by atoms with Crippen LogP contribution < -0.4 is 32.3 Å². The van der Waals surface area contributed by atoms with Crippen molar-refractivity contribution in [3.05, 3.63) is 0 Å². The summed E-state index contributed by atoms with van der Waals surface area (Å²) < 4.78 is 5.53. The molecule has 3 fully saturated rings. The van der Waals surface area contributed by atoms with Crippen LogP contribution in [0.2, 0.25) is 0 Å². The molecule has 0 aromatic carbocycles. The number of rotatable bonds is 16. The summed E-state index contributed by atoms with van der Waals surface area (Å²) in [6.07, 6.45) is 12.4. The third kappa shape index (κ3) is 14.9. The van der Waals surface area contributed by atoms with Crippen molar-refractivity contribution in [1.29, 1.82) is 0 Å². The molecule has 1 aliphatic heterocycles. The Labute approximate surface area is 292 Å². The Hall–Kier alpha value is -2.77. The summed E-state index contributed by atoms with van der Waals surface area (Å²) in [4.78, 5) is 66.5. The largest absolute Gasteiger partial charge is 0.449 e. The third-order valence-corrected chi connectivity index (χ3v) is 10.2. The molecule has 13 heteroatoms. The zero-order valence-corrected chi connectivity index (χ0v) is 30.3. The van der Waals surface area contributed by atoms with Gasteiger partial charge in [-0.3, -0.25) is 19.2 Å². The quantitative estimate of drug-likeness (QED) is 0.119. The zero-order chi connectivity index (χ0) is 36.0. The minimum absolute atomic E-state index is 0.0823. The van der Waals surface area contributed by atoms with Gasteiger partial charge in [0.15, 0.2) is 0 Å². The smallest absolute Gasteiger partial charge is 0.407 e. The molecule has 0 spiro atoms.